The van der Waals surface area contributed by atoms with E-state index in [2.05, 4.69) is 38.5 Å². The van der Waals surface area contributed by atoms with E-state index < -0.39 is 5.24 Å². The second-order valence-corrected chi connectivity index (χ2v) is 4.66. The summed E-state index contributed by atoms with van der Waals surface area (Å²) >= 11 is 10.8. The average molecular weight is 359 g/mol. The normalized spacial score (nSPS) is 10.0. The van der Waals surface area contributed by atoms with E-state index in [1.165, 1.54) is 0 Å². The Balaban J connectivity index is 3.37. The number of benzene rings is 1. The SMILES string of the molecule is Cc1cc(Br)c(I)c(C(=O)Cl)c1. The molecule has 1 aromatic rings. The molecule has 0 amide bonds. The van der Waals surface area contributed by atoms with Crippen molar-refractivity contribution in [3.8, 4) is 0 Å². The first kappa shape index (κ1) is 10.5. The number of aryl methyl sites for hydroxylation is 1. The van der Waals surface area contributed by atoms with E-state index in [9.17, 15) is 4.79 Å². The van der Waals surface area contributed by atoms with E-state index in [0.717, 1.165) is 13.6 Å². The molecule has 0 radical (unpaired) electrons. The van der Waals surface area contributed by atoms with Crippen LogP contribution < -0.4 is 0 Å². The molecule has 0 bridgehead atoms. The van der Waals surface area contributed by atoms with Gasteiger partial charge in [0.1, 0.15) is 0 Å². The molecule has 0 aromatic heterocycles. The highest BCUT2D eigenvalue weighted by Crippen LogP contribution is 2.25. The molecule has 1 aromatic carbocycles. The van der Waals surface area contributed by atoms with Crippen LogP contribution in [0, 0.1) is 10.5 Å². The fraction of sp³-hybridized carbons (Fsp3) is 0.125. The highest BCUT2D eigenvalue weighted by molar-refractivity contribution is 14.1. The van der Waals surface area contributed by atoms with Gasteiger partial charge in [-0.2, -0.15) is 0 Å². The maximum atomic E-state index is 10.9. The zero-order chi connectivity index (χ0) is 9.30. The third kappa shape index (κ3) is 2.20. The Hall–Kier alpha value is 0.390. The van der Waals surface area contributed by atoms with Gasteiger partial charge in [0.15, 0.2) is 0 Å². The van der Waals surface area contributed by atoms with Gasteiger partial charge in [-0.15, -0.1) is 0 Å². The van der Waals surface area contributed by atoms with E-state index in [4.69, 9.17) is 11.6 Å². The average Bonchev–Trinajstić information content (AvgIpc) is 1.96. The fourth-order valence-corrected chi connectivity index (χ4v) is 2.31. The molecular formula is C8H5BrClIO. The Kier molecular flexibility index (Phi) is 3.55. The van der Waals surface area contributed by atoms with Crippen molar-refractivity contribution < 1.29 is 4.79 Å². The molecule has 0 saturated heterocycles. The zero-order valence-corrected chi connectivity index (χ0v) is 10.7. The molecule has 0 unspecified atom stereocenters. The van der Waals surface area contributed by atoms with Crippen molar-refractivity contribution in [2.75, 3.05) is 0 Å². The number of carbonyl (C=O) groups is 1. The summed E-state index contributed by atoms with van der Waals surface area (Å²) < 4.78 is 1.77. The van der Waals surface area contributed by atoms with Gasteiger partial charge in [-0.25, -0.2) is 0 Å². The summed E-state index contributed by atoms with van der Waals surface area (Å²) in [5, 5.41) is -0.413. The largest absolute Gasteiger partial charge is 0.276 e. The van der Waals surface area contributed by atoms with Crippen LogP contribution in [0.4, 0.5) is 0 Å². The summed E-state index contributed by atoms with van der Waals surface area (Å²) in [7, 11) is 0. The smallest absolute Gasteiger partial charge is 0.253 e. The minimum absolute atomic E-state index is 0.413. The third-order valence-corrected chi connectivity index (χ3v) is 4.12. The van der Waals surface area contributed by atoms with Gasteiger partial charge in [-0.05, 0) is 74.7 Å². The number of hydrogen-bond donors (Lipinski definition) is 0. The molecule has 1 rings (SSSR count). The molecule has 0 heterocycles. The summed E-state index contributed by atoms with van der Waals surface area (Å²) in [5.41, 5.74) is 1.58. The lowest BCUT2D eigenvalue weighted by Crippen LogP contribution is -1.95. The van der Waals surface area contributed by atoms with Gasteiger partial charge in [0, 0.05) is 13.6 Å². The topological polar surface area (TPSA) is 17.1 Å². The van der Waals surface area contributed by atoms with Crippen LogP contribution in [0.15, 0.2) is 16.6 Å². The van der Waals surface area contributed by atoms with Gasteiger partial charge in [-0.1, -0.05) is 0 Å². The van der Waals surface area contributed by atoms with Crippen LogP contribution in [0.5, 0.6) is 0 Å². The van der Waals surface area contributed by atoms with Crippen LogP contribution in [-0.4, -0.2) is 5.24 Å². The number of rotatable bonds is 1. The first-order valence-corrected chi connectivity index (χ1v) is 5.43. The lowest BCUT2D eigenvalue weighted by Gasteiger charge is -2.02. The molecule has 0 saturated carbocycles. The summed E-state index contributed by atoms with van der Waals surface area (Å²) in [6.07, 6.45) is 0. The van der Waals surface area contributed by atoms with Crippen molar-refractivity contribution in [1.82, 2.24) is 0 Å². The van der Waals surface area contributed by atoms with Gasteiger partial charge in [-0.3, -0.25) is 4.79 Å². The Morgan fingerprint density at radius 2 is 2.17 bits per heavy atom. The van der Waals surface area contributed by atoms with Crippen molar-refractivity contribution in [3.63, 3.8) is 0 Å². The lowest BCUT2D eigenvalue weighted by molar-refractivity contribution is 0.108. The number of carbonyl (C=O) groups excluding carboxylic acids is 1. The molecule has 0 aliphatic carbocycles. The molecule has 4 heteroatoms. The lowest BCUT2D eigenvalue weighted by atomic mass is 10.2. The number of hydrogen-bond acceptors (Lipinski definition) is 1. The Bertz CT molecular complexity index is 338. The Labute approximate surface area is 97.8 Å². The van der Waals surface area contributed by atoms with Crippen molar-refractivity contribution >= 4 is 55.4 Å². The van der Waals surface area contributed by atoms with Crippen molar-refractivity contribution in [3.05, 3.63) is 31.3 Å². The number of halogens is 3. The molecule has 1 nitrogen and oxygen atoms in total. The molecule has 12 heavy (non-hydrogen) atoms. The third-order valence-electron chi connectivity index (χ3n) is 1.38. The van der Waals surface area contributed by atoms with Crippen LogP contribution >= 0.6 is 50.1 Å². The van der Waals surface area contributed by atoms with Crippen molar-refractivity contribution in [1.29, 1.82) is 0 Å². The molecule has 0 fully saturated rings. The van der Waals surface area contributed by atoms with E-state index in [1.54, 1.807) is 6.07 Å². The highest BCUT2D eigenvalue weighted by atomic mass is 127. The first-order valence-electron chi connectivity index (χ1n) is 3.18. The van der Waals surface area contributed by atoms with Crippen LogP contribution in [0.25, 0.3) is 0 Å². The van der Waals surface area contributed by atoms with Crippen LogP contribution in [0.3, 0.4) is 0 Å². The van der Waals surface area contributed by atoms with Crippen LogP contribution in [-0.2, 0) is 0 Å². The minimum atomic E-state index is -0.413. The predicted octanol–water partition coefficient (Wildman–Crippen LogP) is 3.74. The van der Waals surface area contributed by atoms with E-state index in [-0.39, 0.29) is 0 Å². The minimum Gasteiger partial charge on any atom is -0.276 e. The maximum Gasteiger partial charge on any atom is 0.253 e. The molecule has 0 aliphatic rings. The molecule has 0 N–H and O–H groups in total. The molecule has 0 spiro atoms. The summed E-state index contributed by atoms with van der Waals surface area (Å²) in [6, 6.07) is 3.73. The monoisotopic (exact) mass is 358 g/mol. The van der Waals surface area contributed by atoms with E-state index in [0.29, 0.717) is 5.56 Å². The van der Waals surface area contributed by atoms with E-state index >= 15 is 0 Å². The Morgan fingerprint density at radius 3 is 2.67 bits per heavy atom. The summed E-state index contributed by atoms with van der Waals surface area (Å²) in [5.74, 6) is 0. The predicted molar refractivity (Wildman–Crippen MR) is 61.8 cm³/mol. The van der Waals surface area contributed by atoms with Gasteiger partial charge in [0.25, 0.3) is 5.24 Å². The maximum absolute atomic E-state index is 10.9. The zero-order valence-electron chi connectivity index (χ0n) is 6.20. The van der Waals surface area contributed by atoms with Gasteiger partial charge >= 0.3 is 0 Å². The Morgan fingerprint density at radius 1 is 1.58 bits per heavy atom. The van der Waals surface area contributed by atoms with Crippen molar-refractivity contribution in [2.24, 2.45) is 0 Å². The molecule has 0 atom stereocenters. The summed E-state index contributed by atoms with van der Waals surface area (Å²) in [6.45, 7) is 1.92. The summed E-state index contributed by atoms with van der Waals surface area (Å²) in [4.78, 5) is 10.9. The van der Waals surface area contributed by atoms with Crippen LogP contribution in [0.2, 0.25) is 0 Å². The fourth-order valence-electron chi connectivity index (χ4n) is 0.868. The van der Waals surface area contributed by atoms with Gasteiger partial charge in [0.05, 0.1) is 0 Å². The molecule has 64 valence electrons. The standard InChI is InChI=1S/C8H5BrClIO/c1-4-2-5(8(10)12)7(11)6(9)3-4/h2-3H,1H3. The van der Waals surface area contributed by atoms with Crippen LogP contribution in [0.1, 0.15) is 15.9 Å². The second-order valence-electron chi connectivity index (χ2n) is 2.38. The second kappa shape index (κ2) is 4.07. The van der Waals surface area contributed by atoms with Gasteiger partial charge < -0.3 is 0 Å². The highest BCUT2D eigenvalue weighted by Gasteiger charge is 2.10. The molecule has 0 aliphatic heterocycles. The van der Waals surface area contributed by atoms with E-state index in [1.807, 2.05) is 13.0 Å². The molecular weight excluding hydrogens is 354 g/mol. The van der Waals surface area contributed by atoms with Gasteiger partial charge in [0.2, 0.25) is 0 Å². The first-order chi connectivity index (χ1) is 5.52. The van der Waals surface area contributed by atoms with Crippen molar-refractivity contribution in [2.45, 2.75) is 6.92 Å². The quantitative estimate of drug-likeness (QED) is 0.551.